The van der Waals surface area contributed by atoms with E-state index in [0.29, 0.717) is 0 Å². The van der Waals surface area contributed by atoms with Crippen molar-refractivity contribution in [2.45, 2.75) is 18.6 Å². The Hall–Kier alpha value is -2.12. The highest BCUT2D eigenvalue weighted by Gasteiger charge is 2.24. The Balaban J connectivity index is 3.04. The number of hydrogen-bond donors (Lipinski definition) is 4. The third-order valence-corrected chi connectivity index (χ3v) is 2.54. The first-order valence-corrected chi connectivity index (χ1v) is 5.42. The highest BCUT2D eigenvalue weighted by Crippen LogP contribution is 2.28. The zero-order valence-corrected chi connectivity index (χ0v) is 10.2. The van der Waals surface area contributed by atoms with Gasteiger partial charge in [-0.2, -0.15) is 0 Å². The first-order chi connectivity index (χ1) is 8.86. The van der Waals surface area contributed by atoms with Gasteiger partial charge in [0.05, 0.1) is 25.2 Å². The standard InChI is InChI=1S/C12H15NO6/c1-19-12(18)6-2-3-8(14)7(4-6)11(17)9(15)5-10(13)16/h2-4,9,11,14-15,17H,5H2,1H3,(H2,13,16). The Kier molecular flexibility index (Phi) is 4.85. The number of methoxy groups -OCH3 is 1. The van der Waals surface area contributed by atoms with E-state index >= 15 is 0 Å². The van der Waals surface area contributed by atoms with Gasteiger partial charge in [0.15, 0.2) is 0 Å². The summed E-state index contributed by atoms with van der Waals surface area (Å²) in [5, 5.41) is 29.0. The second-order valence-electron chi connectivity index (χ2n) is 3.95. The van der Waals surface area contributed by atoms with Crippen LogP contribution in [0.25, 0.3) is 0 Å². The smallest absolute Gasteiger partial charge is 0.337 e. The van der Waals surface area contributed by atoms with Crippen molar-refractivity contribution in [3.8, 4) is 5.75 Å². The summed E-state index contributed by atoms with van der Waals surface area (Å²) in [6.45, 7) is 0. The van der Waals surface area contributed by atoms with Crippen molar-refractivity contribution in [1.29, 1.82) is 0 Å². The molecule has 0 spiro atoms. The number of aliphatic hydroxyl groups excluding tert-OH is 2. The molecule has 0 aliphatic carbocycles. The quantitative estimate of drug-likeness (QED) is 0.530. The zero-order chi connectivity index (χ0) is 14.6. The summed E-state index contributed by atoms with van der Waals surface area (Å²) in [7, 11) is 1.19. The Morgan fingerprint density at radius 3 is 2.53 bits per heavy atom. The fourth-order valence-corrected chi connectivity index (χ4v) is 1.56. The lowest BCUT2D eigenvalue weighted by molar-refractivity contribution is -0.121. The summed E-state index contributed by atoms with van der Waals surface area (Å²) in [6.07, 6.45) is -3.49. The zero-order valence-electron chi connectivity index (χ0n) is 10.2. The van der Waals surface area contributed by atoms with Gasteiger partial charge in [0.1, 0.15) is 11.9 Å². The van der Waals surface area contributed by atoms with Crippen LogP contribution in [0, 0.1) is 0 Å². The van der Waals surface area contributed by atoms with Crippen LogP contribution in [0.15, 0.2) is 18.2 Å². The number of hydrogen-bond acceptors (Lipinski definition) is 6. The van der Waals surface area contributed by atoms with Crippen molar-refractivity contribution >= 4 is 11.9 Å². The van der Waals surface area contributed by atoms with Gasteiger partial charge in [-0.25, -0.2) is 4.79 Å². The second kappa shape index (κ2) is 6.17. The molecule has 0 radical (unpaired) electrons. The summed E-state index contributed by atoms with van der Waals surface area (Å²) in [4.78, 5) is 22.0. The molecule has 1 aromatic rings. The molecule has 0 saturated carbocycles. The number of phenolic OH excluding ortho intramolecular Hbond substituents is 1. The van der Waals surface area contributed by atoms with Crippen molar-refractivity contribution in [3.63, 3.8) is 0 Å². The predicted octanol–water partition coefficient (Wildman–Crippen LogP) is -0.552. The lowest BCUT2D eigenvalue weighted by Crippen LogP contribution is -2.25. The largest absolute Gasteiger partial charge is 0.508 e. The third-order valence-electron chi connectivity index (χ3n) is 2.54. The Morgan fingerprint density at radius 2 is 2.00 bits per heavy atom. The Bertz CT molecular complexity index is 487. The molecule has 2 unspecified atom stereocenters. The summed E-state index contributed by atoms with van der Waals surface area (Å²) >= 11 is 0. The molecule has 0 aliphatic rings. The van der Waals surface area contributed by atoms with Crippen molar-refractivity contribution in [2.75, 3.05) is 7.11 Å². The second-order valence-corrected chi connectivity index (χ2v) is 3.95. The van der Waals surface area contributed by atoms with E-state index in [1.807, 2.05) is 0 Å². The number of amides is 1. The maximum atomic E-state index is 11.3. The van der Waals surface area contributed by atoms with Gasteiger partial charge < -0.3 is 25.8 Å². The van der Waals surface area contributed by atoms with Gasteiger partial charge in [0.2, 0.25) is 5.91 Å². The molecule has 1 rings (SSSR count). The summed E-state index contributed by atoms with van der Waals surface area (Å²) < 4.78 is 4.50. The van der Waals surface area contributed by atoms with Crippen LogP contribution >= 0.6 is 0 Å². The monoisotopic (exact) mass is 269 g/mol. The highest BCUT2D eigenvalue weighted by molar-refractivity contribution is 5.89. The van der Waals surface area contributed by atoms with Crippen molar-refractivity contribution in [2.24, 2.45) is 5.73 Å². The van der Waals surface area contributed by atoms with Crippen LogP contribution in [0.5, 0.6) is 5.75 Å². The average molecular weight is 269 g/mol. The van der Waals surface area contributed by atoms with Gasteiger partial charge in [-0.15, -0.1) is 0 Å². The number of aliphatic hydroxyl groups is 2. The molecule has 7 nitrogen and oxygen atoms in total. The van der Waals surface area contributed by atoms with Crippen LogP contribution in [0.2, 0.25) is 0 Å². The number of carbonyl (C=O) groups is 2. The first kappa shape index (κ1) is 14.9. The molecule has 7 heteroatoms. The number of phenols is 1. The van der Waals surface area contributed by atoms with Crippen LogP contribution in [0.3, 0.4) is 0 Å². The van der Waals surface area contributed by atoms with Gasteiger partial charge in [-0.1, -0.05) is 0 Å². The van der Waals surface area contributed by atoms with E-state index in [2.05, 4.69) is 4.74 Å². The maximum Gasteiger partial charge on any atom is 0.337 e. The third kappa shape index (κ3) is 3.67. The van der Waals surface area contributed by atoms with Crippen LogP contribution in [0.4, 0.5) is 0 Å². The lowest BCUT2D eigenvalue weighted by Gasteiger charge is -2.18. The van der Waals surface area contributed by atoms with Gasteiger partial charge in [0.25, 0.3) is 0 Å². The molecule has 104 valence electrons. The van der Waals surface area contributed by atoms with Crippen LogP contribution in [-0.4, -0.2) is 40.4 Å². The fraction of sp³-hybridized carbons (Fsp3) is 0.333. The highest BCUT2D eigenvalue weighted by atomic mass is 16.5. The number of benzene rings is 1. The van der Waals surface area contributed by atoms with Gasteiger partial charge in [-0.3, -0.25) is 4.79 Å². The molecule has 2 atom stereocenters. The molecular formula is C12H15NO6. The minimum absolute atomic E-state index is 0.0864. The normalized spacial score (nSPS) is 13.6. The topological polar surface area (TPSA) is 130 Å². The van der Waals surface area contributed by atoms with E-state index in [1.165, 1.54) is 25.3 Å². The number of nitrogens with two attached hydrogens (primary N) is 1. The number of aromatic hydroxyl groups is 1. The molecule has 0 aromatic heterocycles. The van der Waals surface area contributed by atoms with Crippen LogP contribution in [-0.2, 0) is 9.53 Å². The molecular weight excluding hydrogens is 254 g/mol. The first-order valence-electron chi connectivity index (χ1n) is 5.42. The predicted molar refractivity (Wildman–Crippen MR) is 64.2 cm³/mol. The Labute approximate surface area is 109 Å². The summed E-state index contributed by atoms with van der Waals surface area (Å²) in [5.41, 5.74) is 4.91. The SMILES string of the molecule is COC(=O)c1ccc(O)c(C(O)C(O)CC(N)=O)c1. The molecule has 0 heterocycles. The van der Waals surface area contributed by atoms with Crippen LogP contribution in [0.1, 0.15) is 28.4 Å². The molecule has 5 N–H and O–H groups in total. The average Bonchev–Trinajstić information content (AvgIpc) is 2.36. The molecule has 1 amide bonds. The number of rotatable bonds is 5. The lowest BCUT2D eigenvalue weighted by atomic mass is 9.99. The van der Waals surface area contributed by atoms with Gasteiger partial charge in [0, 0.05) is 5.56 Å². The molecule has 1 aromatic carbocycles. The van der Waals surface area contributed by atoms with E-state index in [0.717, 1.165) is 0 Å². The Morgan fingerprint density at radius 1 is 1.37 bits per heavy atom. The van der Waals surface area contributed by atoms with Crippen molar-refractivity contribution < 1.29 is 29.6 Å². The summed E-state index contributed by atoms with van der Waals surface area (Å²) in [5.74, 6) is -1.77. The number of carbonyl (C=O) groups excluding carboxylic acids is 2. The van der Waals surface area contributed by atoms with Gasteiger partial charge in [-0.05, 0) is 18.2 Å². The molecule has 19 heavy (non-hydrogen) atoms. The minimum Gasteiger partial charge on any atom is -0.508 e. The van der Waals surface area contributed by atoms with Gasteiger partial charge >= 0.3 is 5.97 Å². The number of primary amides is 1. The molecule has 0 aliphatic heterocycles. The van der Waals surface area contributed by atoms with E-state index in [1.54, 1.807) is 0 Å². The van der Waals surface area contributed by atoms with Crippen LogP contribution < -0.4 is 5.73 Å². The maximum absolute atomic E-state index is 11.3. The molecule has 0 bridgehead atoms. The van der Waals surface area contributed by atoms with E-state index in [-0.39, 0.29) is 16.9 Å². The number of esters is 1. The molecule has 0 saturated heterocycles. The minimum atomic E-state index is -1.54. The van der Waals surface area contributed by atoms with Crippen molar-refractivity contribution in [3.05, 3.63) is 29.3 Å². The van der Waals surface area contributed by atoms with E-state index in [4.69, 9.17) is 5.73 Å². The van der Waals surface area contributed by atoms with Crippen molar-refractivity contribution in [1.82, 2.24) is 0 Å². The summed E-state index contributed by atoms with van der Waals surface area (Å²) in [6, 6.07) is 3.66. The molecule has 0 fully saturated rings. The fourth-order valence-electron chi connectivity index (χ4n) is 1.56. The van der Waals surface area contributed by atoms with E-state index in [9.17, 15) is 24.9 Å². The van der Waals surface area contributed by atoms with E-state index < -0.39 is 30.5 Å². The number of ether oxygens (including phenoxy) is 1.